The zero-order valence-corrected chi connectivity index (χ0v) is 10.6. The van der Waals surface area contributed by atoms with E-state index < -0.39 is 0 Å². The fourth-order valence-electron chi connectivity index (χ4n) is 2.72. The average Bonchev–Trinajstić information content (AvgIpc) is 2.80. The molecule has 1 heterocycles. The van der Waals surface area contributed by atoms with Gasteiger partial charge in [-0.05, 0) is 30.5 Å². The Morgan fingerprint density at radius 2 is 2.00 bits per heavy atom. The smallest absolute Gasteiger partial charge is 0.172 e. The normalized spacial score (nSPS) is 22.2. The molecule has 18 heavy (non-hydrogen) atoms. The van der Waals surface area contributed by atoms with Crippen LogP contribution in [0.4, 0.5) is 0 Å². The fraction of sp³-hybridized carbons (Fsp3) is 0.467. The number of benzene rings is 1. The topological polar surface area (TPSA) is 38.7 Å². The third kappa shape index (κ3) is 2.04. The van der Waals surface area contributed by atoms with E-state index in [1.807, 2.05) is 25.1 Å². The van der Waals surface area contributed by atoms with E-state index >= 15 is 0 Å². The first-order chi connectivity index (χ1) is 8.69. The van der Waals surface area contributed by atoms with Crippen molar-refractivity contribution in [2.24, 2.45) is 0 Å². The maximum atomic E-state index is 10.00. The van der Waals surface area contributed by atoms with Crippen molar-refractivity contribution in [2.45, 2.75) is 32.0 Å². The van der Waals surface area contributed by atoms with Crippen LogP contribution in [0.3, 0.4) is 0 Å². The summed E-state index contributed by atoms with van der Waals surface area (Å²) >= 11 is 0. The van der Waals surface area contributed by atoms with Gasteiger partial charge in [-0.1, -0.05) is 18.2 Å². The van der Waals surface area contributed by atoms with Crippen molar-refractivity contribution in [3.05, 3.63) is 35.4 Å². The Morgan fingerprint density at radius 3 is 2.61 bits per heavy atom. The lowest BCUT2D eigenvalue weighted by Crippen LogP contribution is -2.31. The van der Waals surface area contributed by atoms with Crippen molar-refractivity contribution in [3.63, 3.8) is 0 Å². The van der Waals surface area contributed by atoms with E-state index in [2.05, 4.69) is 6.08 Å². The van der Waals surface area contributed by atoms with Gasteiger partial charge in [0.2, 0.25) is 0 Å². The van der Waals surface area contributed by atoms with E-state index in [1.54, 1.807) is 0 Å². The van der Waals surface area contributed by atoms with Crippen LogP contribution in [0.5, 0.6) is 5.75 Å². The number of aromatic hydroxyl groups is 1. The molecule has 3 heteroatoms. The van der Waals surface area contributed by atoms with Gasteiger partial charge >= 0.3 is 0 Å². The van der Waals surface area contributed by atoms with Gasteiger partial charge in [0, 0.05) is 18.4 Å². The molecule has 0 saturated carbocycles. The van der Waals surface area contributed by atoms with Gasteiger partial charge in [-0.25, -0.2) is 0 Å². The van der Waals surface area contributed by atoms with Crippen LogP contribution in [0.15, 0.2) is 24.3 Å². The van der Waals surface area contributed by atoms with Gasteiger partial charge in [0.15, 0.2) is 5.79 Å². The summed E-state index contributed by atoms with van der Waals surface area (Å²) < 4.78 is 11.4. The summed E-state index contributed by atoms with van der Waals surface area (Å²) in [4.78, 5) is 0. The number of hydrogen-bond donors (Lipinski definition) is 1. The van der Waals surface area contributed by atoms with Gasteiger partial charge in [-0.15, -0.1) is 0 Å². The number of phenols is 1. The minimum absolute atomic E-state index is 0.366. The van der Waals surface area contributed by atoms with Gasteiger partial charge in [0.05, 0.1) is 13.2 Å². The molecule has 0 unspecified atom stereocenters. The molecule has 0 bridgehead atoms. The van der Waals surface area contributed by atoms with Crippen LogP contribution in [-0.2, 0) is 9.47 Å². The second-order valence-corrected chi connectivity index (χ2v) is 5.06. The second-order valence-electron chi connectivity index (χ2n) is 5.06. The highest BCUT2D eigenvalue weighted by atomic mass is 16.7. The molecule has 0 atom stereocenters. The highest BCUT2D eigenvalue weighted by Gasteiger charge is 2.37. The monoisotopic (exact) mass is 246 g/mol. The molecule has 1 spiro atoms. The van der Waals surface area contributed by atoms with Crippen molar-refractivity contribution < 1.29 is 14.6 Å². The number of hydrogen-bond acceptors (Lipinski definition) is 3. The molecule has 96 valence electrons. The third-order valence-corrected chi connectivity index (χ3v) is 3.75. The lowest BCUT2D eigenvalue weighted by molar-refractivity contribution is -0.159. The zero-order valence-electron chi connectivity index (χ0n) is 10.6. The Morgan fingerprint density at radius 1 is 1.22 bits per heavy atom. The molecule has 1 aromatic rings. The lowest BCUT2D eigenvalue weighted by Gasteiger charge is -2.30. The van der Waals surface area contributed by atoms with E-state index in [-0.39, 0.29) is 5.79 Å². The first-order valence-electron chi connectivity index (χ1n) is 6.45. The summed E-state index contributed by atoms with van der Waals surface area (Å²) in [7, 11) is 0. The Kier molecular flexibility index (Phi) is 2.88. The summed E-state index contributed by atoms with van der Waals surface area (Å²) in [5.41, 5.74) is 3.21. The Bertz CT molecular complexity index is 485. The maximum absolute atomic E-state index is 10.00. The van der Waals surface area contributed by atoms with Gasteiger partial charge < -0.3 is 14.6 Å². The van der Waals surface area contributed by atoms with Crippen molar-refractivity contribution in [1.82, 2.24) is 0 Å². The fourth-order valence-corrected chi connectivity index (χ4v) is 2.72. The van der Waals surface area contributed by atoms with Crippen LogP contribution in [-0.4, -0.2) is 24.1 Å². The van der Waals surface area contributed by atoms with Gasteiger partial charge in [0.25, 0.3) is 0 Å². The predicted octanol–water partition coefficient (Wildman–Crippen LogP) is 3.01. The number of rotatable bonds is 1. The second kappa shape index (κ2) is 4.41. The molecule has 2 aliphatic rings. The zero-order chi connectivity index (χ0) is 12.6. The quantitative estimate of drug-likeness (QED) is 0.827. The highest BCUT2D eigenvalue weighted by Crippen LogP contribution is 2.40. The van der Waals surface area contributed by atoms with Crippen LogP contribution in [0.2, 0.25) is 0 Å². The van der Waals surface area contributed by atoms with Crippen molar-refractivity contribution in [1.29, 1.82) is 0 Å². The highest BCUT2D eigenvalue weighted by molar-refractivity contribution is 5.71. The SMILES string of the molecule is Cc1ccc(C2=CCC3(CC2)OCCO3)c(O)c1. The molecule has 1 fully saturated rings. The van der Waals surface area contributed by atoms with Crippen molar-refractivity contribution >= 4 is 5.57 Å². The largest absolute Gasteiger partial charge is 0.507 e. The van der Waals surface area contributed by atoms with Crippen molar-refractivity contribution in [2.75, 3.05) is 13.2 Å². The Hall–Kier alpha value is -1.32. The summed E-state index contributed by atoms with van der Waals surface area (Å²) in [6.45, 7) is 3.37. The summed E-state index contributed by atoms with van der Waals surface area (Å²) in [5, 5.41) is 10.00. The molecular weight excluding hydrogens is 228 g/mol. The number of ether oxygens (including phenoxy) is 2. The minimum atomic E-state index is -0.385. The molecule has 0 amide bonds. The molecule has 0 aromatic heterocycles. The van der Waals surface area contributed by atoms with E-state index in [1.165, 1.54) is 5.57 Å². The standard InChI is InChI=1S/C15H18O3/c1-11-2-3-13(14(16)10-11)12-4-6-15(7-5-12)17-8-9-18-15/h2-4,10,16H,5-9H2,1H3. The van der Waals surface area contributed by atoms with E-state index in [4.69, 9.17) is 9.47 Å². The molecule has 1 N–H and O–H groups in total. The van der Waals surface area contributed by atoms with Crippen LogP contribution in [0, 0.1) is 6.92 Å². The first-order valence-corrected chi connectivity index (χ1v) is 6.45. The summed E-state index contributed by atoms with van der Waals surface area (Å²) in [5.74, 6) is -0.0189. The van der Waals surface area contributed by atoms with Crippen LogP contribution in [0.25, 0.3) is 5.57 Å². The van der Waals surface area contributed by atoms with E-state index in [9.17, 15) is 5.11 Å². The first kappa shape index (κ1) is 11.8. The molecule has 1 aromatic carbocycles. The number of phenolic OH excluding ortho intramolecular Hbond substituents is 1. The predicted molar refractivity (Wildman–Crippen MR) is 69.3 cm³/mol. The Labute approximate surface area is 107 Å². The Balaban J connectivity index is 1.84. The molecule has 3 nitrogen and oxygen atoms in total. The summed E-state index contributed by atoms with van der Waals surface area (Å²) in [6, 6.07) is 5.83. The van der Waals surface area contributed by atoms with Gasteiger partial charge in [-0.2, -0.15) is 0 Å². The molecule has 3 rings (SSSR count). The molecule has 1 aliphatic carbocycles. The molecule has 1 saturated heterocycles. The summed E-state index contributed by atoms with van der Waals surface area (Å²) in [6.07, 6.45) is 4.66. The molecular formula is C15H18O3. The van der Waals surface area contributed by atoms with Gasteiger partial charge in [0.1, 0.15) is 5.75 Å². The van der Waals surface area contributed by atoms with Crippen LogP contribution >= 0.6 is 0 Å². The molecule has 0 radical (unpaired) electrons. The lowest BCUT2D eigenvalue weighted by atomic mass is 9.89. The van der Waals surface area contributed by atoms with E-state index in [0.717, 1.165) is 30.4 Å². The van der Waals surface area contributed by atoms with Crippen molar-refractivity contribution in [3.8, 4) is 5.75 Å². The van der Waals surface area contributed by atoms with E-state index in [0.29, 0.717) is 19.0 Å². The third-order valence-electron chi connectivity index (χ3n) is 3.75. The average molecular weight is 246 g/mol. The minimum Gasteiger partial charge on any atom is -0.507 e. The maximum Gasteiger partial charge on any atom is 0.172 e. The van der Waals surface area contributed by atoms with Crippen LogP contribution in [0.1, 0.15) is 30.4 Å². The number of aryl methyl sites for hydroxylation is 1. The van der Waals surface area contributed by atoms with Crippen LogP contribution < -0.4 is 0 Å². The molecule has 1 aliphatic heterocycles. The number of allylic oxidation sites excluding steroid dienone is 1. The van der Waals surface area contributed by atoms with Gasteiger partial charge in [-0.3, -0.25) is 0 Å².